The number of hydrogen-bond acceptors (Lipinski definition) is 3. The van der Waals surface area contributed by atoms with E-state index in [4.69, 9.17) is 0 Å². The molecular weight excluding hydrogens is 271 g/mol. The van der Waals surface area contributed by atoms with Crippen molar-refractivity contribution in [3.8, 4) is 0 Å². The lowest BCUT2D eigenvalue weighted by Gasteiger charge is -2.29. The molecule has 0 aliphatic heterocycles. The number of rotatable bonds is 8. The van der Waals surface area contributed by atoms with Gasteiger partial charge in [-0.3, -0.25) is 0 Å². The summed E-state index contributed by atoms with van der Waals surface area (Å²) in [6.07, 6.45) is 2.10. The third-order valence-electron chi connectivity index (χ3n) is 3.40. The summed E-state index contributed by atoms with van der Waals surface area (Å²) < 4.78 is 14.1. The van der Waals surface area contributed by atoms with Crippen molar-refractivity contribution in [1.29, 1.82) is 0 Å². The Balaban J connectivity index is 2.86. The van der Waals surface area contributed by atoms with Gasteiger partial charge < -0.3 is 10.2 Å². The molecule has 0 saturated heterocycles. The summed E-state index contributed by atoms with van der Waals surface area (Å²) in [5, 5.41) is 3.34. The zero-order valence-electron chi connectivity index (χ0n) is 13.2. The maximum atomic E-state index is 14.1. The van der Waals surface area contributed by atoms with Gasteiger partial charge in [0, 0.05) is 36.6 Å². The highest BCUT2D eigenvalue weighted by molar-refractivity contribution is 7.98. The molecule has 0 spiro atoms. The van der Waals surface area contributed by atoms with Crippen LogP contribution in [0.2, 0.25) is 0 Å². The molecule has 0 aromatic heterocycles. The van der Waals surface area contributed by atoms with Gasteiger partial charge >= 0.3 is 0 Å². The Bertz CT molecular complexity index is 409. The third kappa shape index (κ3) is 4.98. The van der Waals surface area contributed by atoms with E-state index in [0.717, 1.165) is 23.5 Å². The SMILES string of the molecule is CSCC(C)N(C)c1cccc(F)c1CNCC(C)C. The van der Waals surface area contributed by atoms with Gasteiger partial charge in [0.25, 0.3) is 0 Å². The average Bonchev–Trinajstić information content (AvgIpc) is 2.39. The summed E-state index contributed by atoms with van der Waals surface area (Å²) in [7, 11) is 2.04. The minimum Gasteiger partial charge on any atom is -0.371 e. The molecule has 0 aliphatic carbocycles. The Morgan fingerprint density at radius 1 is 1.30 bits per heavy atom. The van der Waals surface area contributed by atoms with Crippen molar-refractivity contribution < 1.29 is 4.39 Å². The van der Waals surface area contributed by atoms with Crippen LogP contribution in [0.4, 0.5) is 10.1 Å². The van der Waals surface area contributed by atoms with Crippen LogP contribution in [0.25, 0.3) is 0 Å². The van der Waals surface area contributed by atoms with Crippen LogP contribution in [-0.2, 0) is 6.54 Å². The Morgan fingerprint density at radius 2 is 2.00 bits per heavy atom. The summed E-state index contributed by atoms with van der Waals surface area (Å²) in [6.45, 7) is 7.96. The van der Waals surface area contributed by atoms with E-state index in [1.165, 1.54) is 0 Å². The molecule has 1 unspecified atom stereocenters. The quantitative estimate of drug-likeness (QED) is 0.786. The van der Waals surface area contributed by atoms with Crippen molar-refractivity contribution in [1.82, 2.24) is 5.32 Å². The minimum atomic E-state index is -0.123. The molecule has 0 saturated carbocycles. The van der Waals surface area contributed by atoms with E-state index in [9.17, 15) is 4.39 Å². The predicted octanol–water partition coefficient (Wildman–Crippen LogP) is 3.76. The Kier molecular flexibility index (Phi) is 7.38. The van der Waals surface area contributed by atoms with Crippen molar-refractivity contribution in [3.63, 3.8) is 0 Å². The fraction of sp³-hybridized carbons (Fsp3) is 0.625. The van der Waals surface area contributed by atoms with Crippen LogP contribution < -0.4 is 10.2 Å². The molecule has 1 atom stereocenters. The molecule has 2 nitrogen and oxygen atoms in total. The van der Waals surface area contributed by atoms with Crippen molar-refractivity contribution >= 4 is 17.4 Å². The molecule has 1 aromatic rings. The van der Waals surface area contributed by atoms with Crippen LogP contribution >= 0.6 is 11.8 Å². The lowest BCUT2D eigenvalue weighted by Crippen LogP contribution is -2.32. The van der Waals surface area contributed by atoms with Crippen molar-refractivity contribution in [2.45, 2.75) is 33.4 Å². The van der Waals surface area contributed by atoms with Gasteiger partial charge in [-0.05, 0) is 37.8 Å². The molecule has 1 aromatic carbocycles. The zero-order chi connectivity index (χ0) is 15.1. The summed E-state index contributed by atoms with van der Waals surface area (Å²) in [4.78, 5) is 2.17. The molecule has 1 N–H and O–H groups in total. The molecule has 0 radical (unpaired) electrons. The molecular formula is C16H27FN2S. The number of nitrogens with one attached hydrogen (secondary N) is 1. The maximum absolute atomic E-state index is 14.1. The number of thioether (sulfide) groups is 1. The first-order valence-electron chi connectivity index (χ1n) is 7.17. The summed E-state index contributed by atoms with van der Waals surface area (Å²) in [5.74, 6) is 1.48. The molecule has 0 bridgehead atoms. The first-order valence-corrected chi connectivity index (χ1v) is 8.56. The number of anilines is 1. The molecule has 0 aliphatic rings. The van der Waals surface area contributed by atoms with Crippen molar-refractivity contribution in [2.75, 3.05) is 30.5 Å². The van der Waals surface area contributed by atoms with E-state index in [2.05, 4.69) is 37.2 Å². The monoisotopic (exact) mass is 298 g/mol. The highest BCUT2D eigenvalue weighted by Crippen LogP contribution is 2.24. The fourth-order valence-corrected chi connectivity index (χ4v) is 2.84. The zero-order valence-corrected chi connectivity index (χ0v) is 14.1. The van der Waals surface area contributed by atoms with E-state index in [-0.39, 0.29) is 5.82 Å². The Hall–Kier alpha value is -0.740. The van der Waals surface area contributed by atoms with E-state index in [1.54, 1.807) is 12.1 Å². The van der Waals surface area contributed by atoms with E-state index in [1.807, 2.05) is 24.9 Å². The molecule has 20 heavy (non-hydrogen) atoms. The van der Waals surface area contributed by atoms with Gasteiger partial charge in [0.05, 0.1) is 0 Å². The second-order valence-electron chi connectivity index (χ2n) is 5.68. The molecule has 4 heteroatoms. The highest BCUT2D eigenvalue weighted by Gasteiger charge is 2.15. The molecule has 1 rings (SSSR count). The van der Waals surface area contributed by atoms with E-state index >= 15 is 0 Å². The van der Waals surface area contributed by atoms with E-state index in [0.29, 0.717) is 18.5 Å². The smallest absolute Gasteiger partial charge is 0.129 e. The molecule has 114 valence electrons. The van der Waals surface area contributed by atoms with Crippen LogP contribution in [0.15, 0.2) is 18.2 Å². The van der Waals surface area contributed by atoms with Crippen molar-refractivity contribution in [2.24, 2.45) is 5.92 Å². The third-order valence-corrected chi connectivity index (χ3v) is 4.21. The van der Waals surface area contributed by atoms with Gasteiger partial charge in [0.2, 0.25) is 0 Å². The van der Waals surface area contributed by atoms with Gasteiger partial charge in [0.15, 0.2) is 0 Å². The second-order valence-corrected chi connectivity index (χ2v) is 6.59. The largest absolute Gasteiger partial charge is 0.371 e. The number of nitrogens with zero attached hydrogens (tertiary/aromatic N) is 1. The maximum Gasteiger partial charge on any atom is 0.129 e. The van der Waals surface area contributed by atoms with Crippen LogP contribution in [0.5, 0.6) is 0 Å². The first kappa shape index (κ1) is 17.3. The molecule has 0 amide bonds. The number of benzene rings is 1. The Labute approximate surface area is 127 Å². The molecule has 0 fully saturated rings. The lowest BCUT2D eigenvalue weighted by molar-refractivity contribution is 0.534. The van der Waals surface area contributed by atoms with Gasteiger partial charge in [0.1, 0.15) is 5.82 Å². The van der Waals surface area contributed by atoms with Gasteiger partial charge in [-0.25, -0.2) is 4.39 Å². The summed E-state index contributed by atoms with van der Waals surface area (Å²) >= 11 is 1.81. The fourth-order valence-electron chi connectivity index (χ4n) is 2.13. The van der Waals surface area contributed by atoms with Crippen LogP contribution in [-0.4, -0.2) is 31.6 Å². The first-order chi connectivity index (χ1) is 9.47. The lowest BCUT2D eigenvalue weighted by atomic mass is 10.1. The van der Waals surface area contributed by atoms with E-state index < -0.39 is 0 Å². The predicted molar refractivity (Wildman–Crippen MR) is 89.2 cm³/mol. The van der Waals surface area contributed by atoms with Gasteiger partial charge in [-0.15, -0.1) is 0 Å². The average molecular weight is 298 g/mol. The van der Waals surface area contributed by atoms with Crippen molar-refractivity contribution in [3.05, 3.63) is 29.6 Å². The minimum absolute atomic E-state index is 0.123. The van der Waals surface area contributed by atoms with Crippen LogP contribution in [0.3, 0.4) is 0 Å². The van der Waals surface area contributed by atoms with Crippen LogP contribution in [0.1, 0.15) is 26.3 Å². The summed E-state index contributed by atoms with van der Waals surface area (Å²) in [6, 6.07) is 5.73. The highest BCUT2D eigenvalue weighted by atomic mass is 32.2. The second kappa shape index (κ2) is 8.53. The number of halogens is 1. The standard InChI is InChI=1S/C16H27FN2S/c1-12(2)9-18-10-14-15(17)7-6-8-16(14)19(4)13(3)11-20-5/h6-8,12-13,18H,9-11H2,1-5H3. The number of hydrogen-bond donors (Lipinski definition) is 1. The van der Waals surface area contributed by atoms with Gasteiger partial charge in [-0.1, -0.05) is 19.9 Å². The Morgan fingerprint density at radius 3 is 2.60 bits per heavy atom. The molecule has 0 heterocycles. The summed E-state index contributed by atoms with van der Waals surface area (Å²) in [5.41, 5.74) is 1.76. The van der Waals surface area contributed by atoms with Gasteiger partial charge in [-0.2, -0.15) is 11.8 Å². The normalized spacial score (nSPS) is 12.8. The topological polar surface area (TPSA) is 15.3 Å². The van der Waals surface area contributed by atoms with Crippen LogP contribution in [0, 0.1) is 11.7 Å².